The van der Waals surface area contributed by atoms with Crippen LogP contribution in [0.3, 0.4) is 0 Å². The molecule has 1 rings (SSSR count). The Kier molecular flexibility index (Phi) is 5.48. The van der Waals surface area contributed by atoms with E-state index < -0.39 is 0 Å². The van der Waals surface area contributed by atoms with Gasteiger partial charge < -0.3 is 20.7 Å². The molecule has 0 radical (unpaired) electrons. The molecule has 0 aromatic heterocycles. The molecule has 0 heterocycles. The molecule has 1 unspecified atom stereocenters. The lowest BCUT2D eigenvalue weighted by atomic mass is 10.3. The number of nitrogens with one attached hydrogen (secondary N) is 3. The number of amides is 1. The number of rotatable bonds is 6. The lowest BCUT2D eigenvalue weighted by Gasteiger charge is -2.16. The van der Waals surface area contributed by atoms with Crippen LogP contribution in [-0.2, 0) is 9.53 Å². The summed E-state index contributed by atoms with van der Waals surface area (Å²) in [6.07, 6.45) is 2.18. The summed E-state index contributed by atoms with van der Waals surface area (Å²) >= 11 is 5.03. The highest BCUT2D eigenvalue weighted by Crippen LogP contribution is 2.18. The fourth-order valence-electron chi connectivity index (χ4n) is 1.13. The topological polar surface area (TPSA) is 62.4 Å². The molecule has 92 valence electrons. The third-order valence-corrected chi connectivity index (χ3v) is 2.52. The molecule has 5 nitrogen and oxygen atoms in total. The van der Waals surface area contributed by atoms with Crippen LogP contribution in [0.4, 0.5) is 0 Å². The van der Waals surface area contributed by atoms with Gasteiger partial charge in [-0.15, -0.1) is 0 Å². The van der Waals surface area contributed by atoms with Gasteiger partial charge in [0.05, 0.1) is 6.61 Å². The van der Waals surface area contributed by atoms with Gasteiger partial charge in [0, 0.05) is 19.7 Å². The van der Waals surface area contributed by atoms with E-state index in [2.05, 4.69) is 16.0 Å². The van der Waals surface area contributed by atoms with Crippen LogP contribution in [0, 0.1) is 0 Å². The van der Waals surface area contributed by atoms with E-state index in [1.54, 1.807) is 14.0 Å². The van der Waals surface area contributed by atoms with Gasteiger partial charge >= 0.3 is 0 Å². The molecule has 3 N–H and O–H groups in total. The van der Waals surface area contributed by atoms with Crippen LogP contribution in [-0.4, -0.2) is 43.4 Å². The first-order valence-electron chi connectivity index (χ1n) is 5.47. The van der Waals surface area contributed by atoms with Crippen molar-refractivity contribution < 1.29 is 9.53 Å². The van der Waals surface area contributed by atoms with Gasteiger partial charge in [-0.25, -0.2) is 0 Å². The zero-order valence-corrected chi connectivity index (χ0v) is 10.5. The second kappa shape index (κ2) is 6.65. The number of hydrogen-bond acceptors (Lipinski definition) is 3. The SMILES string of the molecule is COCCNC(=S)NC(C)C(=O)NC1CC1. The van der Waals surface area contributed by atoms with Gasteiger partial charge in [0.1, 0.15) is 6.04 Å². The third kappa shape index (κ3) is 5.27. The van der Waals surface area contributed by atoms with E-state index >= 15 is 0 Å². The Balaban J connectivity index is 2.13. The maximum atomic E-state index is 11.6. The number of thiocarbonyl (C=S) groups is 1. The van der Waals surface area contributed by atoms with Crippen LogP contribution in [0.5, 0.6) is 0 Å². The molecule has 0 saturated heterocycles. The predicted octanol–water partition coefficient (Wildman–Crippen LogP) is -0.236. The molecule has 1 fully saturated rings. The zero-order valence-electron chi connectivity index (χ0n) is 9.71. The molecule has 0 aromatic rings. The highest BCUT2D eigenvalue weighted by Gasteiger charge is 2.25. The molecule has 0 spiro atoms. The Morgan fingerprint density at radius 3 is 2.81 bits per heavy atom. The fourth-order valence-corrected chi connectivity index (χ4v) is 1.41. The van der Waals surface area contributed by atoms with Crippen molar-refractivity contribution >= 4 is 23.2 Å². The summed E-state index contributed by atoms with van der Waals surface area (Å²) in [6.45, 7) is 3.02. The highest BCUT2D eigenvalue weighted by molar-refractivity contribution is 7.80. The van der Waals surface area contributed by atoms with Gasteiger partial charge in [-0.1, -0.05) is 0 Å². The van der Waals surface area contributed by atoms with E-state index in [9.17, 15) is 4.79 Å². The van der Waals surface area contributed by atoms with Gasteiger partial charge in [-0.3, -0.25) is 4.79 Å². The summed E-state index contributed by atoms with van der Waals surface area (Å²) < 4.78 is 4.88. The van der Waals surface area contributed by atoms with Gasteiger partial charge in [0.2, 0.25) is 5.91 Å². The van der Waals surface area contributed by atoms with Crippen molar-refractivity contribution in [1.29, 1.82) is 0 Å². The second-order valence-electron chi connectivity index (χ2n) is 3.90. The monoisotopic (exact) mass is 245 g/mol. The number of carbonyl (C=O) groups is 1. The van der Waals surface area contributed by atoms with E-state index in [1.165, 1.54) is 0 Å². The summed E-state index contributed by atoms with van der Waals surface area (Å²) in [6, 6.07) is 0.0786. The Bertz CT molecular complexity index is 256. The van der Waals surface area contributed by atoms with E-state index in [0.717, 1.165) is 12.8 Å². The Morgan fingerprint density at radius 2 is 2.25 bits per heavy atom. The normalized spacial score (nSPS) is 16.4. The average Bonchev–Trinajstić information content (AvgIpc) is 3.02. The number of hydrogen-bond donors (Lipinski definition) is 3. The molecule has 0 aromatic carbocycles. The first-order chi connectivity index (χ1) is 7.63. The number of carbonyl (C=O) groups excluding carboxylic acids is 1. The highest BCUT2D eigenvalue weighted by atomic mass is 32.1. The van der Waals surface area contributed by atoms with Crippen molar-refractivity contribution in [3.8, 4) is 0 Å². The minimum absolute atomic E-state index is 0.00149. The van der Waals surface area contributed by atoms with Crippen LogP contribution in [0.25, 0.3) is 0 Å². The summed E-state index contributed by atoms with van der Waals surface area (Å²) in [5, 5.41) is 9.27. The molecule has 16 heavy (non-hydrogen) atoms. The molecular weight excluding hydrogens is 226 g/mol. The Morgan fingerprint density at radius 1 is 1.56 bits per heavy atom. The average molecular weight is 245 g/mol. The van der Waals surface area contributed by atoms with Gasteiger partial charge in [0.25, 0.3) is 0 Å². The lowest BCUT2D eigenvalue weighted by molar-refractivity contribution is -0.122. The maximum absolute atomic E-state index is 11.6. The molecule has 1 saturated carbocycles. The summed E-state index contributed by atoms with van der Waals surface area (Å²) in [7, 11) is 1.63. The molecule has 1 aliphatic rings. The van der Waals surface area contributed by atoms with Crippen LogP contribution in [0.2, 0.25) is 0 Å². The first-order valence-corrected chi connectivity index (χ1v) is 5.88. The summed E-state index contributed by atoms with van der Waals surface area (Å²) in [5.74, 6) is -0.00149. The van der Waals surface area contributed by atoms with Crippen LogP contribution in [0.1, 0.15) is 19.8 Å². The quantitative estimate of drug-likeness (QED) is 0.445. The van der Waals surface area contributed by atoms with Gasteiger partial charge in [0.15, 0.2) is 5.11 Å². The molecule has 1 amide bonds. The second-order valence-corrected chi connectivity index (χ2v) is 4.31. The summed E-state index contributed by atoms with van der Waals surface area (Å²) in [5.41, 5.74) is 0. The van der Waals surface area contributed by atoms with Gasteiger partial charge in [-0.05, 0) is 32.0 Å². The first kappa shape index (κ1) is 13.2. The minimum atomic E-state index is -0.303. The molecule has 1 aliphatic carbocycles. The Labute approximate surface area is 101 Å². The van der Waals surface area contributed by atoms with E-state index in [4.69, 9.17) is 17.0 Å². The zero-order chi connectivity index (χ0) is 12.0. The number of ether oxygens (including phenoxy) is 1. The van der Waals surface area contributed by atoms with E-state index in [0.29, 0.717) is 24.3 Å². The molecule has 0 bridgehead atoms. The lowest BCUT2D eigenvalue weighted by Crippen LogP contribution is -2.49. The van der Waals surface area contributed by atoms with Crippen molar-refractivity contribution in [3.63, 3.8) is 0 Å². The van der Waals surface area contributed by atoms with Crippen molar-refractivity contribution in [2.24, 2.45) is 0 Å². The molecular formula is C10H19N3O2S. The third-order valence-electron chi connectivity index (χ3n) is 2.26. The van der Waals surface area contributed by atoms with E-state index in [-0.39, 0.29) is 11.9 Å². The smallest absolute Gasteiger partial charge is 0.242 e. The van der Waals surface area contributed by atoms with Gasteiger partial charge in [-0.2, -0.15) is 0 Å². The minimum Gasteiger partial charge on any atom is -0.383 e. The van der Waals surface area contributed by atoms with Crippen molar-refractivity contribution in [2.45, 2.75) is 31.8 Å². The fraction of sp³-hybridized carbons (Fsp3) is 0.800. The van der Waals surface area contributed by atoms with Crippen molar-refractivity contribution in [1.82, 2.24) is 16.0 Å². The van der Waals surface area contributed by atoms with Crippen LogP contribution in [0.15, 0.2) is 0 Å². The van der Waals surface area contributed by atoms with Crippen LogP contribution >= 0.6 is 12.2 Å². The predicted molar refractivity (Wildman–Crippen MR) is 66.2 cm³/mol. The van der Waals surface area contributed by atoms with Crippen molar-refractivity contribution in [3.05, 3.63) is 0 Å². The largest absolute Gasteiger partial charge is 0.383 e. The summed E-state index contributed by atoms with van der Waals surface area (Å²) in [4.78, 5) is 11.6. The molecule has 0 aliphatic heterocycles. The number of methoxy groups -OCH3 is 1. The van der Waals surface area contributed by atoms with Crippen molar-refractivity contribution in [2.75, 3.05) is 20.3 Å². The molecule has 6 heteroatoms. The standard InChI is InChI=1S/C10H19N3O2S/c1-7(9(14)13-8-3-4-8)12-10(16)11-5-6-15-2/h7-8H,3-6H2,1-2H3,(H,13,14)(H2,11,12,16). The van der Waals surface area contributed by atoms with E-state index in [1.807, 2.05) is 0 Å². The maximum Gasteiger partial charge on any atom is 0.242 e. The molecule has 1 atom stereocenters. The Hall–Kier alpha value is -0.880. The van der Waals surface area contributed by atoms with Crippen LogP contribution < -0.4 is 16.0 Å².